The van der Waals surface area contributed by atoms with Gasteiger partial charge in [-0.15, -0.1) is 0 Å². The van der Waals surface area contributed by atoms with Gasteiger partial charge in [-0.1, -0.05) is 6.07 Å². The Labute approximate surface area is 147 Å². The Kier molecular flexibility index (Phi) is 5.79. The van der Waals surface area contributed by atoms with E-state index in [0.29, 0.717) is 31.3 Å². The monoisotopic (exact) mass is 342 g/mol. The van der Waals surface area contributed by atoms with Gasteiger partial charge in [-0.25, -0.2) is 9.78 Å². The third-order valence-corrected chi connectivity index (χ3v) is 3.86. The quantitative estimate of drug-likeness (QED) is 0.747. The second kappa shape index (κ2) is 8.43. The molecule has 0 saturated heterocycles. The molecule has 2 aromatic rings. The lowest BCUT2D eigenvalue weighted by Crippen LogP contribution is -2.36. The number of urea groups is 1. The van der Waals surface area contributed by atoms with Crippen LogP contribution in [0, 0.1) is 0 Å². The molecule has 0 aliphatic heterocycles. The molecule has 2 aromatic heterocycles. The Morgan fingerprint density at radius 1 is 1.28 bits per heavy atom. The van der Waals surface area contributed by atoms with Gasteiger partial charge in [0, 0.05) is 38.3 Å². The van der Waals surface area contributed by atoms with Crippen molar-refractivity contribution in [3.05, 3.63) is 48.4 Å². The lowest BCUT2D eigenvalue weighted by molar-refractivity contribution is 0.144. The Hall–Kier alpha value is -2.67. The molecule has 1 saturated carbocycles. The predicted octanol–water partition coefficient (Wildman–Crippen LogP) is 2.70. The van der Waals surface area contributed by atoms with Gasteiger partial charge < -0.3 is 19.7 Å². The molecule has 7 nitrogen and oxygen atoms in total. The number of carbonyl (C=O) groups excluding carboxylic acids is 1. The van der Waals surface area contributed by atoms with Crippen LogP contribution < -0.4 is 10.1 Å². The fraction of sp³-hybridized carbons (Fsp3) is 0.389. The molecule has 1 aliphatic carbocycles. The summed E-state index contributed by atoms with van der Waals surface area (Å²) in [5, 5.41) is 2.92. The fourth-order valence-corrected chi connectivity index (χ4v) is 2.45. The van der Waals surface area contributed by atoms with Crippen molar-refractivity contribution < 1.29 is 14.3 Å². The molecule has 0 unspecified atom stereocenters. The molecule has 2 heterocycles. The van der Waals surface area contributed by atoms with Crippen LogP contribution in [-0.2, 0) is 11.3 Å². The normalized spacial score (nSPS) is 13.3. The number of ether oxygens (including phenoxy) is 2. The van der Waals surface area contributed by atoms with Crippen LogP contribution >= 0.6 is 0 Å². The maximum atomic E-state index is 12.8. The summed E-state index contributed by atoms with van der Waals surface area (Å²) in [6.45, 7) is 1.36. The number of carbonyl (C=O) groups is 1. The summed E-state index contributed by atoms with van der Waals surface area (Å²) in [5.74, 6) is 0.394. The topological polar surface area (TPSA) is 76.6 Å². The van der Waals surface area contributed by atoms with Crippen molar-refractivity contribution in [2.75, 3.05) is 25.6 Å². The zero-order chi connectivity index (χ0) is 17.5. The number of methoxy groups -OCH3 is 1. The third-order valence-electron chi connectivity index (χ3n) is 3.86. The van der Waals surface area contributed by atoms with Crippen LogP contribution in [0.3, 0.4) is 0 Å². The van der Waals surface area contributed by atoms with E-state index in [0.717, 1.165) is 18.4 Å². The number of hydrogen-bond acceptors (Lipinski definition) is 5. The van der Waals surface area contributed by atoms with Gasteiger partial charge in [0.05, 0.1) is 6.61 Å². The summed E-state index contributed by atoms with van der Waals surface area (Å²) < 4.78 is 10.5. The standard InChI is InChI=1S/C18H22N4O3/c1-24-10-11-25-17-16(5-3-9-20-17)21-18(23)22(15-6-7-15)13-14-4-2-8-19-12-14/h2-5,8-9,12,15H,6-7,10-11,13H2,1H3,(H,21,23). The highest BCUT2D eigenvalue weighted by Gasteiger charge is 2.33. The van der Waals surface area contributed by atoms with Crippen molar-refractivity contribution >= 4 is 11.7 Å². The first-order chi connectivity index (χ1) is 12.3. The number of nitrogens with zero attached hydrogens (tertiary/aromatic N) is 3. The number of pyridine rings is 2. The first-order valence-corrected chi connectivity index (χ1v) is 8.31. The van der Waals surface area contributed by atoms with Gasteiger partial charge in [0.15, 0.2) is 0 Å². The number of rotatable bonds is 8. The fourth-order valence-electron chi connectivity index (χ4n) is 2.45. The maximum Gasteiger partial charge on any atom is 0.322 e. The lowest BCUT2D eigenvalue weighted by atomic mass is 10.2. The van der Waals surface area contributed by atoms with E-state index in [1.807, 2.05) is 17.0 Å². The Morgan fingerprint density at radius 2 is 2.12 bits per heavy atom. The Morgan fingerprint density at radius 3 is 2.84 bits per heavy atom. The number of anilines is 1. The van der Waals surface area contributed by atoms with Crippen molar-refractivity contribution in [2.24, 2.45) is 0 Å². The van der Waals surface area contributed by atoms with Crippen LogP contribution in [0.15, 0.2) is 42.9 Å². The number of amides is 2. The minimum atomic E-state index is -0.157. The molecule has 0 radical (unpaired) electrons. The average molecular weight is 342 g/mol. The second-order valence-corrected chi connectivity index (χ2v) is 5.85. The maximum absolute atomic E-state index is 12.8. The van der Waals surface area contributed by atoms with Crippen LogP contribution in [0.1, 0.15) is 18.4 Å². The number of hydrogen-bond donors (Lipinski definition) is 1. The van der Waals surface area contributed by atoms with Gasteiger partial charge in [0.25, 0.3) is 0 Å². The zero-order valence-corrected chi connectivity index (χ0v) is 14.2. The van der Waals surface area contributed by atoms with Gasteiger partial charge in [-0.2, -0.15) is 0 Å². The van der Waals surface area contributed by atoms with Gasteiger partial charge in [-0.3, -0.25) is 4.98 Å². The molecule has 0 bridgehead atoms. The summed E-state index contributed by atoms with van der Waals surface area (Å²) in [5.41, 5.74) is 1.56. The average Bonchev–Trinajstić information content (AvgIpc) is 3.47. The van der Waals surface area contributed by atoms with E-state index in [1.54, 1.807) is 37.8 Å². The Balaban J connectivity index is 1.67. The van der Waals surface area contributed by atoms with Crippen molar-refractivity contribution in [2.45, 2.75) is 25.4 Å². The van der Waals surface area contributed by atoms with Crippen molar-refractivity contribution in [1.29, 1.82) is 0 Å². The summed E-state index contributed by atoms with van der Waals surface area (Å²) in [4.78, 5) is 22.9. The van der Waals surface area contributed by atoms with E-state index in [4.69, 9.17) is 9.47 Å². The van der Waals surface area contributed by atoms with E-state index in [2.05, 4.69) is 15.3 Å². The second-order valence-electron chi connectivity index (χ2n) is 5.85. The van der Waals surface area contributed by atoms with Crippen molar-refractivity contribution in [1.82, 2.24) is 14.9 Å². The van der Waals surface area contributed by atoms with Crippen LogP contribution in [0.5, 0.6) is 5.88 Å². The molecule has 1 fully saturated rings. The van der Waals surface area contributed by atoms with Crippen LogP contribution in [0.4, 0.5) is 10.5 Å². The molecular formula is C18H22N4O3. The molecule has 25 heavy (non-hydrogen) atoms. The van der Waals surface area contributed by atoms with Crippen LogP contribution in [-0.4, -0.2) is 47.3 Å². The molecule has 0 atom stereocenters. The molecule has 132 valence electrons. The summed E-state index contributed by atoms with van der Waals surface area (Å²) in [7, 11) is 1.61. The molecule has 1 aliphatic rings. The van der Waals surface area contributed by atoms with E-state index in [1.165, 1.54) is 0 Å². The van der Waals surface area contributed by atoms with Crippen LogP contribution in [0.25, 0.3) is 0 Å². The highest BCUT2D eigenvalue weighted by molar-refractivity contribution is 5.91. The molecular weight excluding hydrogens is 320 g/mol. The first kappa shape index (κ1) is 17.2. The van der Waals surface area contributed by atoms with E-state index < -0.39 is 0 Å². The van der Waals surface area contributed by atoms with Gasteiger partial charge in [0.2, 0.25) is 5.88 Å². The predicted molar refractivity (Wildman–Crippen MR) is 93.4 cm³/mol. The third kappa shape index (κ3) is 4.90. The molecule has 0 aromatic carbocycles. The number of nitrogens with one attached hydrogen (secondary N) is 1. The zero-order valence-electron chi connectivity index (χ0n) is 14.2. The minimum absolute atomic E-state index is 0.157. The molecule has 3 rings (SSSR count). The SMILES string of the molecule is COCCOc1ncccc1NC(=O)N(Cc1cccnc1)C1CC1. The first-order valence-electron chi connectivity index (χ1n) is 8.31. The number of aromatic nitrogens is 2. The summed E-state index contributed by atoms with van der Waals surface area (Å²) >= 11 is 0. The van der Waals surface area contributed by atoms with E-state index >= 15 is 0 Å². The minimum Gasteiger partial charge on any atom is -0.474 e. The summed E-state index contributed by atoms with van der Waals surface area (Å²) in [6.07, 6.45) is 7.19. The van der Waals surface area contributed by atoms with Crippen molar-refractivity contribution in [3.8, 4) is 5.88 Å². The van der Waals surface area contributed by atoms with E-state index in [9.17, 15) is 4.79 Å². The lowest BCUT2D eigenvalue weighted by Gasteiger charge is -2.23. The van der Waals surface area contributed by atoms with Gasteiger partial charge in [-0.05, 0) is 36.6 Å². The van der Waals surface area contributed by atoms with Gasteiger partial charge >= 0.3 is 6.03 Å². The highest BCUT2D eigenvalue weighted by atomic mass is 16.5. The highest BCUT2D eigenvalue weighted by Crippen LogP contribution is 2.30. The van der Waals surface area contributed by atoms with Crippen molar-refractivity contribution in [3.63, 3.8) is 0 Å². The summed E-state index contributed by atoms with van der Waals surface area (Å²) in [6, 6.07) is 7.51. The molecule has 2 amide bonds. The van der Waals surface area contributed by atoms with E-state index in [-0.39, 0.29) is 12.1 Å². The van der Waals surface area contributed by atoms with Gasteiger partial charge in [0.1, 0.15) is 12.3 Å². The molecule has 1 N–H and O–H groups in total. The molecule has 0 spiro atoms. The molecule has 7 heteroatoms. The largest absolute Gasteiger partial charge is 0.474 e. The Bertz CT molecular complexity index is 692. The van der Waals surface area contributed by atoms with Crippen LogP contribution in [0.2, 0.25) is 0 Å². The smallest absolute Gasteiger partial charge is 0.322 e.